The van der Waals surface area contributed by atoms with E-state index in [1.807, 2.05) is 27.7 Å². The summed E-state index contributed by atoms with van der Waals surface area (Å²) in [5, 5.41) is 6.76. The molecule has 1 fully saturated rings. The Morgan fingerprint density at radius 1 is 1.05 bits per heavy atom. The SMILES string of the molecule is CC(C)Oc1cc(Oc2cnc(N(CC3CC3)C(=O)C(C)C)cn2)cc(C(=O)Nc2ccn(C(=O)OC(C)(C)C)n2)c1. The smallest absolute Gasteiger partial charge is 0.435 e. The molecule has 0 atom stereocenters. The van der Waals surface area contributed by atoms with E-state index in [1.54, 1.807) is 37.8 Å². The summed E-state index contributed by atoms with van der Waals surface area (Å²) in [5.41, 5.74) is -0.455. The lowest BCUT2D eigenvalue weighted by atomic mass is 10.2. The summed E-state index contributed by atoms with van der Waals surface area (Å²) in [6, 6.07) is 6.24. The predicted molar refractivity (Wildman–Crippen MR) is 156 cm³/mol. The molecule has 1 aliphatic carbocycles. The van der Waals surface area contributed by atoms with Gasteiger partial charge in [0.05, 0.1) is 18.5 Å². The Labute approximate surface area is 245 Å². The van der Waals surface area contributed by atoms with E-state index in [1.165, 1.54) is 30.7 Å². The molecular weight excluding hydrogens is 540 g/mol. The highest BCUT2D eigenvalue weighted by Gasteiger charge is 2.29. The Morgan fingerprint density at radius 3 is 2.36 bits per heavy atom. The van der Waals surface area contributed by atoms with Gasteiger partial charge in [-0.25, -0.2) is 14.8 Å². The predicted octanol–water partition coefficient (Wildman–Crippen LogP) is 5.69. The van der Waals surface area contributed by atoms with Crippen LogP contribution in [0.15, 0.2) is 42.9 Å². The zero-order valence-corrected chi connectivity index (χ0v) is 25.1. The first-order chi connectivity index (χ1) is 19.8. The first-order valence-corrected chi connectivity index (χ1v) is 14.0. The number of amides is 2. The third-order valence-corrected chi connectivity index (χ3v) is 5.94. The zero-order chi connectivity index (χ0) is 30.6. The van der Waals surface area contributed by atoms with E-state index in [0.717, 1.165) is 17.5 Å². The molecule has 1 N–H and O–H groups in total. The minimum atomic E-state index is -0.689. The molecular formula is C30H38N6O6. The van der Waals surface area contributed by atoms with Gasteiger partial charge < -0.3 is 19.5 Å². The van der Waals surface area contributed by atoms with Crippen LogP contribution in [-0.2, 0) is 9.53 Å². The van der Waals surface area contributed by atoms with E-state index in [9.17, 15) is 14.4 Å². The number of aromatic nitrogens is 4. The molecule has 2 amide bonds. The maximum atomic E-state index is 13.1. The molecule has 0 radical (unpaired) electrons. The van der Waals surface area contributed by atoms with Gasteiger partial charge in [0, 0.05) is 36.4 Å². The quantitative estimate of drug-likeness (QED) is 0.322. The molecule has 0 bridgehead atoms. The van der Waals surface area contributed by atoms with Crippen LogP contribution in [0.4, 0.5) is 16.4 Å². The fraction of sp³-hybridized carbons (Fsp3) is 0.467. The highest BCUT2D eigenvalue weighted by Crippen LogP contribution is 2.32. The average Bonchev–Trinajstić information content (AvgIpc) is 3.60. The highest BCUT2D eigenvalue weighted by molar-refractivity contribution is 6.04. The van der Waals surface area contributed by atoms with Crippen LogP contribution < -0.4 is 19.7 Å². The highest BCUT2D eigenvalue weighted by atomic mass is 16.6. The molecule has 12 nitrogen and oxygen atoms in total. The molecule has 3 aromatic rings. The molecule has 0 unspecified atom stereocenters. The second-order valence-corrected chi connectivity index (χ2v) is 11.8. The number of benzene rings is 1. The van der Waals surface area contributed by atoms with Gasteiger partial charge in [-0.3, -0.25) is 14.5 Å². The summed E-state index contributed by atoms with van der Waals surface area (Å²) >= 11 is 0. The van der Waals surface area contributed by atoms with Crippen molar-refractivity contribution in [3.8, 4) is 17.4 Å². The Kier molecular flexibility index (Phi) is 9.13. The largest absolute Gasteiger partial charge is 0.491 e. The van der Waals surface area contributed by atoms with E-state index in [2.05, 4.69) is 20.4 Å². The number of carbonyl (C=O) groups is 3. The molecule has 1 saturated carbocycles. The van der Waals surface area contributed by atoms with Crippen LogP contribution in [0.5, 0.6) is 17.4 Å². The number of hydrogen-bond donors (Lipinski definition) is 1. The van der Waals surface area contributed by atoms with E-state index >= 15 is 0 Å². The van der Waals surface area contributed by atoms with Gasteiger partial charge in [0.25, 0.3) is 5.91 Å². The Morgan fingerprint density at radius 2 is 1.76 bits per heavy atom. The van der Waals surface area contributed by atoms with E-state index in [4.69, 9.17) is 14.2 Å². The standard InChI is InChI=1S/C30H38N6O6/c1-18(2)28(38)35(17-20-8-9-20)25-15-32-26(16-31-25)41-23-13-21(12-22(14-23)40-19(3)4)27(37)33-24-10-11-36(34-24)29(39)42-30(5,6)7/h10-16,18-20H,8-9,17H2,1-7H3,(H,33,34,37). The summed E-state index contributed by atoms with van der Waals surface area (Å²) in [4.78, 5) is 48.7. The third-order valence-electron chi connectivity index (χ3n) is 5.94. The van der Waals surface area contributed by atoms with Gasteiger partial charge in [-0.2, -0.15) is 4.68 Å². The lowest BCUT2D eigenvalue weighted by Crippen LogP contribution is -2.36. The van der Waals surface area contributed by atoms with Crippen molar-refractivity contribution in [1.29, 1.82) is 0 Å². The number of anilines is 2. The number of hydrogen-bond acceptors (Lipinski definition) is 9. The molecule has 0 saturated heterocycles. The number of carbonyl (C=O) groups excluding carboxylic acids is 3. The van der Waals surface area contributed by atoms with Crippen molar-refractivity contribution < 1.29 is 28.6 Å². The minimum absolute atomic E-state index is 0.00464. The van der Waals surface area contributed by atoms with Crippen molar-refractivity contribution in [3.05, 3.63) is 48.4 Å². The first kappa shape index (κ1) is 30.5. The van der Waals surface area contributed by atoms with E-state index < -0.39 is 17.6 Å². The summed E-state index contributed by atoms with van der Waals surface area (Å²) in [7, 11) is 0. The molecule has 2 aromatic heterocycles. The van der Waals surface area contributed by atoms with Crippen LogP contribution in [0.2, 0.25) is 0 Å². The van der Waals surface area contributed by atoms with Gasteiger partial charge in [0.2, 0.25) is 11.8 Å². The molecule has 2 heterocycles. The lowest BCUT2D eigenvalue weighted by Gasteiger charge is -2.23. The summed E-state index contributed by atoms with van der Waals surface area (Å²) in [5.74, 6) is 1.36. The Bertz CT molecular complexity index is 1420. The van der Waals surface area contributed by atoms with Crippen molar-refractivity contribution >= 4 is 29.5 Å². The van der Waals surface area contributed by atoms with Crippen LogP contribution >= 0.6 is 0 Å². The van der Waals surface area contributed by atoms with Gasteiger partial charge in [0.1, 0.15) is 17.1 Å². The van der Waals surface area contributed by atoms with Crippen LogP contribution in [0.3, 0.4) is 0 Å². The topological polar surface area (TPSA) is 138 Å². The van der Waals surface area contributed by atoms with E-state index in [-0.39, 0.29) is 35.2 Å². The van der Waals surface area contributed by atoms with Crippen molar-refractivity contribution in [2.75, 3.05) is 16.8 Å². The monoisotopic (exact) mass is 578 g/mol. The summed E-state index contributed by atoms with van der Waals surface area (Å²) in [6.45, 7) is 13.3. The normalized spacial score (nSPS) is 13.2. The molecule has 0 spiro atoms. The van der Waals surface area contributed by atoms with Crippen LogP contribution in [0.25, 0.3) is 0 Å². The number of rotatable bonds is 10. The van der Waals surface area contributed by atoms with Crippen molar-refractivity contribution in [3.63, 3.8) is 0 Å². The Balaban J connectivity index is 1.51. The van der Waals surface area contributed by atoms with Crippen LogP contribution in [0, 0.1) is 11.8 Å². The number of nitrogens with one attached hydrogen (secondary N) is 1. The molecule has 1 aliphatic rings. The van der Waals surface area contributed by atoms with Crippen molar-refractivity contribution in [2.24, 2.45) is 11.8 Å². The number of ether oxygens (including phenoxy) is 3. The zero-order valence-electron chi connectivity index (χ0n) is 25.1. The second kappa shape index (κ2) is 12.6. The Hall–Kier alpha value is -4.48. The third kappa shape index (κ3) is 8.51. The number of nitrogens with zero attached hydrogens (tertiary/aromatic N) is 5. The molecule has 0 aliphatic heterocycles. The summed E-state index contributed by atoms with van der Waals surface area (Å²) in [6.07, 6.45) is 5.75. The average molecular weight is 579 g/mol. The minimum Gasteiger partial charge on any atom is -0.491 e. The first-order valence-electron chi connectivity index (χ1n) is 14.0. The van der Waals surface area contributed by atoms with Crippen molar-refractivity contribution in [2.45, 2.75) is 73.0 Å². The fourth-order valence-electron chi connectivity index (χ4n) is 3.88. The molecule has 12 heteroatoms. The van der Waals surface area contributed by atoms with Gasteiger partial charge in [-0.1, -0.05) is 13.8 Å². The lowest BCUT2D eigenvalue weighted by molar-refractivity contribution is -0.121. The molecule has 42 heavy (non-hydrogen) atoms. The van der Waals surface area contributed by atoms with Gasteiger partial charge in [-0.15, -0.1) is 5.10 Å². The second-order valence-electron chi connectivity index (χ2n) is 11.8. The van der Waals surface area contributed by atoms with Crippen LogP contribution in [0.1, 0.15) is 71.7 Å². The maximum Gasteiger partial charge on any atom is 0.435 e. The summed E-state index contributed by atoms with van der Waals surface area (Å²) < 4.78 is 18.1. The van der Waals surface area contributed by atoms with Crippen LogP contribution in [-0.4, -0.2) is 55.9 Å². The molecule has 224 valence electrons. The van der Waals surface area contributed by atoms with Gasteiger partial charge in [-0.05, 0) is 65.5 Å². The van der Waals surface area contributed by atoms with Gasteiger partial charge >= 0.3 is 6.09 Å². The van der Waals surface area contributed by atoms with Gasteiger partial charge in [0.15, 0.2) is 11.6 Å². The fourth-order valence-corrected chi connectivity index (χ4v) is 3.88. The van der Waals surface area contributed by atoms with E-state index in [0.29, 0.717) is 29.8 Å². The molecule has 4 rings (SSSR count). The van der Waals surface area contributed by atoms with Crippen molar-refractivity contribution in [1.82, 2.24) is 19.7 Å². The maximum absolute atomic E-state index is 13.1. The molecule has 1 aromatic carbocycles.